The van der Waals surface area contributed by atoms with Gasteiger partial charge in [0, 0.05) is 12.3 Å². The van der Waals surface area contributed by atoms with E-state index in [-0.39, 0.29) is 0 Å². The van der Waals surface area contributed by atoms with Gasteiger partial charge in [-0.15, -0.1) is 0 Å². The standard InChI is InChI=1S/C19H20N2O3/c1-23-19(22)16-5-6-18(21-13-16)24-17-4-2-3-15(12-17)11-14-7-9-20-10-8-14/h2-6,11-13,20H,7-10H2,1H3. The minimum atomic E-state index is -0.412. The highest BCUT2D eigenvalue weighted by molar-refractivity contribution is 5.88. The van der Waals surface area contributed by atoms with Crippen molar-refractivity contribution in [2.45, 2.75) is 12.8 Å². The fourth-order valence-corrected chi connectivity index (χ4v) is 2.60. The average Bonchev–Trinajstić information content (AvgIpc) is 2.63. The highest BCUT2D eigenvalue weighted by Gasteiger charge is 2.07. The molecule has 2 aromatic rings. The number of carbonyl (C=O) groups excluding carboxylic acids is 1. The Kier molecular flexibility index (Phi) is 5.23. The van der Waals surface area contributed by atoms with Gasteiger partial charge < -0.3 is 14.8 Å². The highest BCUT2D eigenvalue weighted by atomic mass is 16.5. The van der Waals surface area contributed by atoms with Crippen molar-refractivity contribution in [1.29, 1.82) is 0 Å². The zero-order valence-electron chi connectivity index (χ0n) is 13.6. The molecule has 0 unspecified atom stereocenters. The lowest BCUT2D eigenvalue weighted by molar-refractivity contribution is 0.0600. The fraction of sp³-hybridized carbons (Fsp3) is 0.263. The zero-order valence-corrected chi connectivity index (χ0v) is 13.6. The van der Waals surface area contributed by atoms with E-state index in [1.54, 1.807) is 12.1 Å². The monoisotopic (exact) mass is 324 g/mol. The molecule has 3 rings (SSSR count). The minimum absolute atomic E-state index is 0.397. The predicted molar refractivity (Wildman–Crippen MR) is 92.2 cm³/mol. The molecule has 1 aromatic heterocycles. The normalized spacial score (nSPS) is 14.1. The number of aromatic nitrogens is 1. The smallest absolute Gasteiger partial charge is 0.339 e. The van der Waals surface area contributed by atoms with Gasteiger partial charge in [0.05, 0.1) is 12.7 Å². The third kappa shape index (κ3) is 4.20. The summed E-state index contributed by atoms with van der Waals surface area (Å²) in [6, 6.07) is 11.2. The fourth-order valence-electron chi connectivity index (χ4n) is 2.60. The molecule has 0 amide bonds. The quantitative estimate of drug-likeness (QED) is 0.873. The van der Waals surface area contributed by atoms with Gasteiger partial charge in [-0.1, -0.05) is 23.8 Å². The molecule has 2 heterocycles. The lowest BCUT2D eigenvalue weighted by Crippen LogP contribution is -2.22. The number of ether oxygens (including phenoxy) is 2. The van der Waals surface area contributed by atoms with Crippen molar-refractivity contribution in [3.8, 4) is 11.6 Å². The topological polar surface area (TPSA) is 60.5 Å². The molecule has 24 heavy (non-hydrogen) atoms. The number of rotatable bonds is 4. The van der Waals surface area contributed by atoms with Gasteiger partial charge >= 0.3 is 5.97 Å². The van der Waals surface area contributed by atoms with Gasteiger partial charge in [0.2, 0.25) is 5.88 Å². The number of methoxy groups -OCH3 is 1. The molecule has 1 saturated heterocycles. The van der Waals surface area contributed by atoms with E-state index in [9.17, 15) is 4.79 Å². The Morgan fingerprint density at radius 3 is 2.75 bits per heavy atom. The third-order valence-electron chi connectivity index (χ3n) is 3.85. The maximum atomic E-state index is 11.4. The summed E-state index contributed by atoms with van der Waals surface area (Å²) >= 11 is 0. The molecule has 0 spiro atoms. The number of esters is 1. The summed E-state index contributed by atoms with van der Waals surface area (Å²) in [6.07, 6.45) is 5.84. The van der Waals surface area contributed by atoms with Crippen LogP contribution in [0.3, 0.4) is 0 Å². The maximum absolute atomic E-state index is 11.4. The molecule has 0 bridgehead atoms. The van der Waals surface area contributed by atoms with Gasteiger partial charge in [-0.25, -0.2) is 9.78 Å². The Labute approximate surface area is 141 Å². The number of hydrogen-bond acceptors (Lipinski definition) is 5. The van der Waals surface area contributed by atoms with Crippen LogP contribution in [0.25, 0.3) is 6.08 Å². The van der Waals surface area contributed by atoms with E-state index in [1.165, 1.54) is 18.9 Å². The van der Waals surface area contributed by atoms with E-state index in [1.807, 2.05) is 18.2 Å². The summed E-state index contributed by atoms with van der Waals surface area (Å²) in [4.78, 5) is 15.5. The summed E-state index contributed by atoms with van der Waals surface area (Å²) in [5, 5.41) is 3.35. The Morgan fingerprint density at radius 1 is 1.21 bits per heavy atom. The Hall–Kier alpha value is -2.66. The van der Waals surface area contributed by atoms with Gasteiger partial charge in [0.15, 0.2) is 0 Å². The van der Waals surface area contributed by atoms with Crippen molar-refractivity contribution in [2.75, 3.05) is 20.2 Å². The summed E-state index contributed by atoms with van der Waals surface area (Å²) in [5.74, 6) is 0.746. The second-order valence-electron chi connectivity index (χ2n) is 5.60. The number of piperidine rings is 1. The Morgan fingerprint density at radius 2 is 2.04 bits per heavy atom. The van der Waals surface area contributed by atoms with Crippen LogP contribution in [0.15, 0.2) is 48.2 Å². The predicted octanol–water partition coefficient (Wildman–Crippen LogP) is 3.43. The zero-order chi connectivity index (χ0) is 16.8. The van der Waals surface area contributed by atoms with Crippen molar-refractivity contribution in [3.05, 3.63) is 59.3 Å². The van der Waals surface area contributed by atoms with Crippen molar-refractivity contribution >= 4 is 12.0 Å². The number of nitrogens with zero attached hydrogens (tertiary/aromatic N) is 1. The summed E-state index contributed by atoms with van der Waals surface area (Å²) in [5.41, 5.74) is 2.97. The third-order valence-corrected chi connectivity index (χ3v) is 3.85. The molecule has 0 aliphatic carbocycles. The van der Waals surface area contributed by atoms with Crippen LogP contribution in [0.1, 0.15) is 28.8 Å². The van der Waals surface area contributed by atoms with E-state index in [0.717, 1.165) is 37.2 Å². The first-order chi connectivity index (χ1) is 11.7. The van der Waals surface area contributed by atoms with Gasteiger partial charge in [0.25, 0.3) is 0 Å². The van der Waals surface area contributed by atoms with Gasteiger partial charge in [-0.2, -0.15) is 0 Å². The van der Waals surface area contributed by atoms with E-state index in [4.69, 9.17) is 4.74 Å². The Balaban J connectivity index is 1.71. The van der Waals surface area contributed by atoms with E-state index < -0.39 is 5.97 Å². The first-order valence-electron chi connectivity index (χ1n) is 7.97. The van der Waals surface area contributed by atoms with Gasteiger partial charge in [-0.05, 0) is 49.7 Å². The largest absolute Gasteiger partial charge is 0.465 e. The number of pyridine rings is 1. The lowest BCUT2D eigenvalue weighted by Gasteiger charge is -2.15. The Bertz CT molecular complexity index is 731. The maximum Gasteiger partial charge on any atom is 0.339 e. The molecular formula is C19H20N2O3. The number of carbonyl (C=O) groups is 1. The van der Waals surface area contributed by atoms with Crippen LogP contribution >= 0.6 is 0 Å². The molecule has 1 aliphatic heterocycles. The van der Waals surface area contributed by atoms with Crippen molar-refractivity contribution < 1.29 is 14.3 Å². The molecule has 1 fully saturated rings. The average molecular weight is 324 g/mol. The van der Waals surface area contributed by atoms with Crippen LogP contribution in [0, 0.1) is 0 Å². The molecule has 124 valence electrons. The molecule has 1 aliphatic rings. The summed E-state index contributed by atoms with van der Waals surface area (Å²) < 4.78 is 10.4. The van der Waals surface area contributed by atoms with Crippen LogP contribution in [0.4, 0.5) is 0 Å². The molecule has 0 saturated carbocycles. The molecule has 1 aromatic carbocycles. The molecular weight excluding hydrogens is 304 g/mol. The molecule has 5 heteroatoms. The molecule has 1 N–H and O–H groups in total. The number of hydrogen-bond donors (Lipinski definition) is 1. The molecule has 0 atom stereocenters. The van der Waals surface area contributed by atoms with Gasteiger partial charge in [0.1, 0.15) is 5.75 Å². The minimum Gasteiger partial charge on any atom is -0.465 e. The number of nitrogens with one attached hydrogen (secondary N) is 1. The SMILES string of the molecule is COC(=O)c1ccc(Oc2cccc(C=C3CCNCC3)c2)nc1. The van der Waals surface area contributed by atoms with Crippen LogP contribution in [-0.2, 0) is 4.74 Å². The first-order valence-corrected chi connectivity index (χ1v) is 7.97. The summed E-state index contributed by atoms with van der Waals surface area (Å²) in [6.45, 7) is 2.08. The highest BCUT2D eigenvalue weighted by Crippen LogP contribution is 2.23. The summed E-state index contributed by atoms with van der Waals surface area (Å²) in [7, 11) is 1.34. The van der Waals surface area contributed by atoms with E-state index in [0.29, 0.717) is 11.4 Å². The van der Waals surface area contributed by atoms with Crippen molar-refractivity contribution in [3.63, 3.8) is 0 Å². The van der Waals surface area contributed by atoms with Crippen LogP contribution < -0.4 is 10.1 Å². The van der Waals surface area contributed by atoms with Crippen molar-refractivity contribution in [1.82, 2.24) is 10.3 Å². The van der Waals surface area contributed by atoms with Crippen molar-refractivity contribution in [2.24, 2.45) is 0 Å². The van der Waals surface area contributed by atoms with Crippen LogP contribution in [0.5, 0.6) is 11.6 Å². The second-order valence-corrected chi connectivity index (χ2v) is 5.60. The molecule has 0 radical (unpaired) electrons. The second kappa shape index (κ2) is 7.75. The van der Waals surface area contributed by atoms with E-state index >= 15 is 0 Å². The van der Waals surface area contributed by atoms with Crippen LogP contribution in [0.2, 0.25) is 0 Å². The molecule has 5 nitrogen and oxygen atoms in total. The van der Waals surface area contributed by atoms with E-state index in [2.05, 4.69) is 27.2 Å². The number of benzene rings is 1. The lowest BCUT2D eigenvalue weighted by atomic mass is 10.0. The van der Waals surface area contributed by atoms with Crippen LogP contribution in [-0.4, -0.2) is 31.2 Å². The van der Waals surface area contributed by atoms with Gasteiger partial charge in [-0.3, -0.25) is 0 Å². The first kappa shape index (κ1) is 16.2.